The van der Waals surface area contributed by atoms with Crippen LogP contribution in [0.2, 0.25) is 0 Å². The van der Waals surface area contributed by atoms with E-state index in [9.17, 15) is 18.9 Å². The molecule has 0 radical (unpaired) electrons. The number of hydrogen-bond donors (Lipinski definition) is 3. The molecule has 3 N–H and O–H groups in total. The number of nitrogens with zero attached hydrogens (tertiary/aromatic N) is 9. The SMILES string of the molecule is CCc1cc(Nc2ncc(Br)c(Nc3ccc4nc(C)ccc4c3P(C)(C)=O)n2)c(OC)cc1N1CCC(N2CCN(C(=O)C3CN(c4cccc5c4cnn5C4CCC(=O)NC4=O)C3)CC2)CC1. The van der Waals surface area contributed by atoms with Gasteiger partial charge in [0, 0.05) is 110 Å². The number of pyridine rings is 1. The first kappa shape index (κ1) is 46.6. The van der Waals surface area contributed by atoms with Crippen molar-refractivity contribution in [2.45, 2.75) is 58.0 Å². The molecule has 0 bridgehead atoms. The molecule has 10 rings (SSSR count). The molecule has 1 atom stereocenters. The number of ether oxygens (including phenoxy) is 1. The number of imide groups is 1. The first-order chi connectivity index (χ1) is 33.3. The molecule has 4 aliphatic rings. The van der Waals surface area contributed by atoms with Crippen LogP contribution in [0.15, 0.2) is 71.5 Å². The Balaban J connectivity index is 0.739. The van der Waals surface area contributed by atoms with Crippen molar-refractivity contribution >= 4 is 102 Å². The van der Waals surface area contributed by atoms with Crippen molar-refractivity contribution < 1.29 is 23.7 Å². The van der Waals surface area contributed by atoms with Gasteiger partial charge in [-0.1, -0.05) is 19.1 Å². The maximum absolute atomic E-state index is 13.7. The van der Waals surface area contributed by atoms with Gasteiger partial charge in [-0.3, -0.25) is 34.3 Å². The molecule has 6 aromatic rings. The highest BCUT2D eigenvalue weighted by molar-refractivity contribution is 9.10. The number of fused-ring (bicyclic) bond motifs is 2. The predicted molar refractivity (Wildman–Crippen MR) is 274 cm³/mol. The Morgan fingerprint density at radius 1 is 0.884 bits per heavy atom. The molecule has 69 heavy (non-hydrogen) atoms. The number of carbonyl (C=O) groups is 3. The normalized spacial score (nSPS) is 18.7. The van der Waals surface area contributed by atoms with Crippen molar-refractivity contribution in [1.29, 1.82) is 0 Å². The highest BCUT2D eigenvalue weighted by Gasteiger charge is 2.39. The molecule has 360 valence electrons. The van der Waals surface area contributed by atoms with Gasteiger partial charge < -0.3 is 34.6 Å². The standard InChI is InChI=1S/C50H58BrN12O5P/c1-6-31-24-39(56-50-52-27-36(51)47(58-50)55-38-13-12-37-34(11-10-30(2)54-37)46(38)69(4,5)67)44(68-3)25-43(31)60-18-16-33(17-19-60)59-20-22-61(23-21-59)49(66)32-28-62(29-32)40-8-7-9-41-35(40)26-53-63(41)42-14-15-45(64)57-48(42)65/h7-13,24-27,32-33,42H,6,14-23,28-29H2,1-5H3,(H,57,64,65)(H2,52,55,56,58). The number of amides is 3. The van der Waals surface area contributed by atoms with Crippen molar-refractivity contribution in [3.63, 3.8) is 0 Å². The fraction of sp³-hybridized carbons (Fsp3) is 0.420. The second-order valence-electron chi connectivity index (χ2n) is 19.0. The molecule has 7 heterocycles. The number of piperazine rings is 1. The van der Waals surface area contributed by atoms with Gasteiger partial charge >= 0.3 is 0 Å². The Labute approximate surface area is 409 Å². The quantitative estimate of drug-likeness (QED) is 0.0844. The van der Waals surface area contributed by atoms with Crippen LogP contribution in [0.5, 0.6) is 5.75 Å². The Kier molecular flexibility index (Phi) is 12.8. The molecule has 4 aliphatic heterocycles. The third-order valence-corrected chi connectivity index (χ3v) is 16.3. The number of rotatable bonds is 12. The summed E-state index contributed by atoms with van der Waals surface area (Å²) in [7, 11) is -1.06. The first-order valence-corrected chi connectivity index (χ1v) is 27.2. The van der Waals surface area contributed by atoms with Crippen LogP contribution in [-0.4, -0.2) is 131 Å². The monoisotopic (exact) mass is 1020 g/mol. The number of benzene rings is 3. The van der Waals surface area contributed by atoms with Gasteiger partial charge in [-0.2, -0.15) is 10.1 Å². The Hall–Kier alpha value is -6.10. The average molecular weight is 1020 g/mol. The number of halogens is 1. The number of methoxy groups -OCH3 is 1. The number of nitrogens with one attached hydrogen (secondary N) is 3. The van der Waals surface area contributed by atoms with E-state index in [2.05, 4.69) is 85.6 Å². The van der Waals surface area contributed by atoms with E-state index >= 15 is 0 Å². The van der Waals surface area contributed by atoms with E-state index in [0.717, 1.165) is 103 Å². The van der Waals surface area contributed by atoms with E-state index in [-0.39, 0.29) is 23.6 Å². The fourth-order valence-corrected chi connectivity index (χ4v) is 12.3. The van der Waals surface area contributed by atoms with Gasteiger partial charge in [0.15, 0.2) is 0 Å². The zero-order valence-corrected chi connectivity index (χ0v) is 42.1. The van der Waals surface area contributed by atoms with Gasteiger partial charge in [-0.25, -0.2) is 4.98 Å². The number of aryl methyl sites for hydroxylation is 2. The lowest BCUT2D eigenvalue weighted by Crippen LogP contribution is -2.59. The molecule has 3 aromatic heterocycles. The largest absolute Gasteiger partial charge is 0.494 e. The molecule has 19 heteroatoms. The van der Waals surface area contributed by atoms with Gasteiger partial charge in [-0.15, -0.1) is 0 Å². The summed E-state index contributed by atoms with van der Waals surface area (Å²) in [5, 5.41) is 16.4. The molecule has 4 saturated heterocycles. The van der Waals surface area contributed by atoms with Gasteiger partial charge in [0.25, 0.3) is 5.91 Å². The van der Waals surface area contributed by atoms with Crippen LogP contribution in [0, 0.1) is 12.8 Å². The third kappa shape index (κ3) is 9.26. The summed E-state index contributed by atoms with van der Waals surface area (Å²) in [6.07, 6.45) is 7.10. The van der Waals surface area contributed by atoms with Crippen LogP contribution in [0.4, 0.5) is 34.5 Å². The smallest absolute Gasteiger partial charge is 0.251 e. The number of aromatic nitrogens is 5. The minimum absolute atomic E-state index is 0.0557. The number of piperidine rings is 2. The summed E-state index contributed by atoms with van der Waals surface area (Å²) in [6, 6.07) is 17.9. The Morgan fingerprint density at radius 3 is 2.39 bits per heavy atom. The Morgan fingerprint density at radius 2 is 1.67 bits per heavy atom. The van der Waals surface area contributed by atoms with E-state index in [1.807, 2.05) is 49.4 Å². The second-order valence-corrected chi connectivity index (χ2v) is 23.0. The second kappa shape index (κ2) is 19.0. The zero-order chi connectivity index (χ0) is 48.1. The fourth-order valence-electron chi connectivity index (χ4n) is 10.6. The lowest BCUT2D eigenvalue weighted by molar-refractivity contribution is -0.138. The number of anilines is 6. The van der Waals surface area contributed by atoms with Crippen LogP contribution in [0.25, 0.3) is 21.8 Å². The van der Waals surface area contributed by atoms with Crippen molar-refractivity contribution in [3.8, 4) is 5.75 Å². The molecule has 0 aliphatic carbocycles. The molecular formula is C50H58BrN12O5P. The highest BCUT2D eigenvalue weighted by Crippen LogP contribution is 2.43. The average Bonchev–Trinajstić information content (AvgIpc) is 3.76. The van der Waals surface area contributed by atoms with Gasteiger partial charge in [-0.05, 0) is 104 Å². The van der Waals surface area contributed by atoms with E-state index in [0.29, 0.717) is 59.6 Å². The maximum atomic E-state index is 13.7. The molecular weight excluding hydrogens is 960 g/mol. The van der Waals surface area contributed by atoms with Crippen LogP contribution in [-0.2, 0) is 25.4 Å². The summed E-state index contributed by atoms with van der Waals surface area (Å²) in [6.45, 7) is 14.0. The third-order valence-electron chi connectivity index (χ3n) is 14.2. The van der Waals surface area contributed by atoms with Crippen LogP contribution < -0.4 is 35.8 Å². The van der Waals surface area contributed by atoms with E-state index in [1.54, 1.807) is 37.5 Å². The maximum Gasteiger partial charge on any atom is 0.251 e. The minimum Gasteiger partial charge on any atom is -0.494 e. The van der Waals surface area contributed by atoms with Crippen molar-refractivity contribution in [1.82, 2.24) is 39.8 Å². The van der Waals surface area contributed by atoms with E-state index in [1.165, 1.54) is 11.3 Å². The van der Waals surface area contributed by atoms with Crippen LogP contribution >= 0.6 is 23.1 Å². The molecule has 1 unspecified atom stereocenters. The molecule has 4 fully saturated rings. The first-order valence-electron chi connectivity index (χ1n) is 23.8. The topological polar surface area (TPSA) is 183 Å². The summed E-state index contributed by atoms with van der Waals surface area (Å²) < 4.78 is 22.0. The van der Waals surface area contributed by atoms with Gasteiger partial charge in [0.2, 0.25) is 17.8 Å². The molecule has 0 spiro atoms. The van der Waals surface area contributed by atoms with Gasteiger partial charge in [0.1, 0.15) is 24.8 Å². The summed E-state index contributed by atoms with van der Waals surface area (Å²) in [5.74, 6) is 1.20. The van der Waals surface area contributed by atoms with Crippen LogP contribution in [0.3, 0.4) is 0 Å². The van der Waals surface area contributed by atoms with Crippen molar-refractivity contribution in [3.05, 3.63) is 82.7 Å². The summed E-state index contributed by atoms with van der Waals surface area (Å²) in [4.78, 5) is 61.5. The summed E-state index contributed by atoms with van der Waals surface area (Å²) in [5.41, 5.74) is 7.38. The minimum atomic E-state index is -2.74. The van der Waals surface area contributed by atoms with E-state index < -0.39 is 13.2 Å². The zero-order valence-electron chi connectivity index (χ0n) is 39.7. The van der Waals surface area contributed by atoms with Crippen LogP contribution in [0.1, 0.15) is 49.9 Å². The lowest BCUT2D eigenvalue weighted by Gasteiger charge is -2.46. The van der Waals surface area contributed by atoms with Crippen molar-refractivity contribution in [2.75, 3.05) is 93.2 Å². The van der Waals surface area contributed by atoms with Gasteiger partial charge in [0.05, 0.1) is 46.1 Å². The molecule has 3 aromatic carbocycles. The summed E-state index contributed by atoms with van der Waals surface area (Å²) >= 11 is 3.62. The van der Waals surface area contributed by atoms with Crippen molar-refractivity contribution in [2.24, 2.45) is 5.92 Å². The lowest BCUT2D eigenvalue weighted by atomic mass is 9.96. The molecule has 17 nitrogen and oxygen atoms in total. The number of hydrogen-bond acceptors (Lipinski definition) is 14. The Bertz CT molecular complexity index is 3030. The molecule has 0 saturated carbocycles. The van der Waals surface area contributed by atoms with E-state index in [4.69, 9.17) is 9.72 Å². The molecule has 3 amide bonds. The highest BCUT2D eigenvalue weighted by atomic mass is 79.9. The number of carbonyl (C=O) groups excluding carboxylic acids is 3. The predicted octanol–water partition coefficient (Wildman–Crippen LogP) is 6.98.